The topological polar surface area (TPSA) is 101 Å². The number of carbonyl (C=O) groups excluding carboxylic acids is 1. The van der Waals surface area contributed by atoms with Gasteiger partial charge in [0.25, 0.3) is 5.91 Å². The summed E-state index contributed by atoms with van der Waals surface area (Å²) >= 11 is 0. The first-order chi connectivity index (χ1) is 9.54. The van der Waals surface area contributed by atoms with Crippen molar-refractivity contribution in [2.75, 3.05) is 24.0 Å². The van der Waals surface area contributed by atoms with E-state index >= 15 is 0 Å². The molecule has 0 aliphatic carbocycles. The zero-order valence-corrected chi connectivity index (χ0v) is 11.8. The molecule has 4 N–H and O–H groups in total. The van der Waals surface area contributed by atoms with Crippen LogP contribution in [0.2, 0.25) is 0 Å². The first kappa shape index (κ1) is 17.2. The second-order valence-corrected chi connectivity index (χ2v) is 6.55. The van der Waals surface area contributed by atoms with Gasteiger partial charge in [-0.25, -0.2) is 8.42 Å². The van der Waals surface area contributed by atoms with Gasteiger partial charge in [0.15, 0.2) is 0 Å². The van der Waals surface area contributed by atoms with Gasteiger partial charge in [0.2, 0.25) is 0 Å². The van der Waals surface area contributed by atoms with Crippen molar-refractivity contribution in [2.45, 2.75) is 6.18 Å². The van der Waals surface area contributed by atoms with Crippen LogP contribution in [0.1, 0.15) is 15.9 Å². The number of halogens is 3. The Morgan fingerprint density at radius 3 is 2.43 bits per heavy atom. The molecule has 1 aromatic rings. The predicted molar refractivity (Wildman–Crippen MR) is 71.3 cm³/mol. The number of nitrogens with two attached hydrogens (primary N) is 1. The Kier molecular flexibility index (Phi) is 5.18. The lowest BCUT2D eigenvalue weighted by Crippen LogP contribution is -2.29. The third-order valence-corrected chi connectivity index (χ3v) is 3.45. The van der Waals surface area contributed by atoms with E-state index in [1.807, 2.05) is 5.43 Å². The summed E-state index contributed by atoms with van der Waals surface area (Å²) in [4.78, 5) is 11.7. The van der Waals surface area contributed by atoms with E-state index in [-0.39, 0.29) is 23.5 Å². The fourth-order valence-corrected chi connectivity index (χ4v) is 1.97. The van der Waals surface area contributed by atoms with Gasteiger partial charge in [0.1, 0.15) is 9.84 Å². The summed E-state index contributed by atoms with van der Waals surface area (Å²) in [6.45, 7) is -0.185. The van der Waals surface area contributed by atoms with E-state index in [1.165, 1.54) is 0 Å². The summed E-state index contributed by atoms with van der Waals surface area (Å²) in [5.74, 6) is 3.89. The van der Waals surface area contributed by atoms with E-state index < -0.39 is 27.5 Å². The van der Waals surface area contributed by atoms with E-state index in [4.69, 9.17) is 5.84 Å². The maximum atomic E-state index is 12.8. The molecule has 0 fully saturated rings. The number of anilines is 1. The average Bonchev–Trinajstić information content (AvgIpc) is 2.35. The van der Waals surface area contributed by atoms with Gasteiger partial charge in [-0.2, -0.15) is 13.2 Å². The van der Waals surface area contributed by atoms with Crippen LogP contribution in [0.15, 0.2) is 18.2 Å². The lowest BCUT2D eigenvalue weighted by Gasteiger charge is -2.13. The fraction of sp³-hybridized carbons (Fsp3) is 0.364. The van der Waals surface area contributed by atoms with Crippen LogP contribution in [-0.2, 0) is 16.0 Å². The highest BCUT2D eigenvalue weighted by molar-refractivity contribution is 7.90. The number of hydrogen-bond acceptors (Lipinski definition) is 5. The van der Waals surface area contributed by atoms with Gasteiger partial charge in [-0.1, -0.05) is 0 Å². The number of rotatable bonds is 5. The van der Waals surface area contributed by atoms with Crippen LogP contribution >= 0.6 is 0 Å². The van der Waals surface area contributed by atoms with E-state index in [0.29, 0.717) is 6.07 Å². The Bertz CT molecular complexity index is 629. The molecule has 10 heteroatoms. The maximum absolute atomic E-state index is 12.8. The summed E-state index contributed by atoms with van der Waals surface area (Å²) in [6.07, 6.45) is -3.69. The Hall–Kier alpha value is -1.81. The number of hydrazine groups is 1. The second-order valence-electron chi connectivity index (χ2n) is 4.29. The lowest BCUT2D eigenvalue weighted by molar-refractivity contribution is -0.137. The molecule has 0 spiro atoms. The number of benzene rings is 1. The van der Waals surface area contributed by atoms with Crippen molar-refractivity contribution in [1.82, 2.24) is 5.32 Å². The number of hydrogen-bond donors (Lipinski definition) is 3. The first-order valence-electron chi connectivity index (χ1n) is 5.68. The number of carbonyl (C=O) groups is 1. The first-order valence-corrected chi connectivity index (χ1v) is 7.74. The molecule has 0 aromatic heterocycles. The van der Waals surface area contributed by atoms with Crippen LogP contribution in [0, 0.1) is 0 Å². The standard InChI is InChI=1S/C11H14F3N3O3S/c1-21(19,20)5-4-16-10(18)7-2-3-9(17-15)8(6-7)11(12,13)14/h2-3,6,17H,4-5,15H2,1H3,(H,16,18). The Morgan fingerprint density at radius 1 is 1.33 bits per heavy atom. The third-order valence-electron chi connectivity index (χ3n) is 2.50. The molecule has 6 nitrogen and oxygen atoms in total. The highest BCUT2D eigenvalue weighted by atomic mass is 32.2. The van der Waals surface area contributed by atoms with Gasteiger partial charge in [0.05, 0.1) is 17.0 Å². The molecule has 0 aliphatic heterocycles. The number of nitrogens with one attached hydrogen (secondary N) is 2. The van der Waals surface area contributed by atoms with E-state index in [0.717, 1.165) is 18.4 Å². The molecule has 0 bridgehead atoms. The van der Waals surface area contributed by atoms with Gasteiger partial charge in [0, 0.05) is 18.4 Å². The average molecular weight is 325 g/mol. The van der Waals surface area contributed by atoms with Gasteiger partial charge < -0.3 is 10.7 Å². The molecule has 21 heavy (non-hydrogen) atoms. The van der Waals surface area contributed by atoms with Crippen molar-refractivity contribution in [3.8, 4) is 0 Å². The molecule has 0 saturated heterocycles. The van der Waals surface area contributed by atoms with Crippen molar-refractivity contribution >= 4 is 21.4 Å². The molecule has 1 rings (SSSR count). The predicted octanol–water partition coefficient (Wildman–Crippen LogP) is 0.765. The van der Waals surface area contributed by atoms with Crippen molar-refractivity contribution in [2.24, 2.45) is 5.84 Å². The summed E-state index contributed by atoms with van der Waals surface area (Å²) in [6, 6.07) is 2.82. The smallest absolute Gasteiger partial charge is 0.351 e. The minimum absolute atomic E-state index is 0.185. The molecule has 0 unspecified atom stereocenters. The number of nitrogen functional groups attached to an aromatic ring is 1. The third kappa shape index (κ3) is 5.23. The Morgan fingerprint density at radius 2 is 1.95 bits per heavy atom. The van der Waals surface area contributed by atoms with Gasteiger partial charge in [-0.05, 0) is 18.2 Å². The highest BCUT2D eigenvalue weighted by Gasteiger charge is 2.34. The Labute approximate surface area is 119 Å². The van der Waals surface area contributed by atoms with Crippen molar-refractivity contribution < 1.29 is 26.4 Å². The van der Waals surface area contributed by atoms with Crippen LogP contribution in [0.3, 0.4) is 0 Å². The number of alkyl halides is 3. The largest absolute Gasteiger partial charge is 0.418 e. The molecule has 1 amide bonds. The summed E-state index contributed by atoms with van der Waals surface area (Å²) in [5.41, 5.74) is 0.211. The zero-order valence-electron chi connectivity index (χ0n) is 11.0. The van der Waals surface area contributed by atoms with Crippen LogP contribution in [0.4, 0.5) is 18.9 Å². The normalized spacial score (nSPS) is 12.0. The second kappa shape index (κ2) is 6.31. The molecule has 0 radical (unpaired) electrons. The highest BCUT2D eigenvalue weighted by Crippen LogP contribution is 2.35. The van der Waals surface area contributed by atoms with Crippen LogP contribution in [0.5, 0.6) is 0 Å². The SMILES string of the molecule is CS(=O)(=O)CCNC(=O)c1ccc(NN)c(C(F)(F)F)c1. The van der Waals surface area contributed by atoms with E-state index in [9.17, 15) is 26.4 Å². The molecule has 0 aliphatic rings. The van der Waals surface area contributed by atoms with Crippen molar-refractivity contribution in [1.29, 1.82) is 0 Å². The molecular formula is C11H14F3N3O3S. The van der Waals surface area contributed by atoms with Crippen LogP contribution in [0.25, 0.3) is 0 Å². The quantitative estimate of drug-likeness (QED) is 0.548. The van der Waals surface area contributed by atoms with Crippen molar-refractivity contribution in [3.05, 3.63) is 29.3 Å². The Balaban J connectivity index is 2.91. The minimum atomic E-state index is -4.68. The summed E-state index contributed by atoms with van der Waals surface area (Å²) in [5, 5.41) is 2.23. The fourth-order valence-electron chi connectivity index (χ4n) is 1.50. The van der Waals surface area contributed by atoms with Crippen molar-refractivity contribution in [3.63, 3.8) is 0 Å². The molecule has 118 valence electrons. The monoisotopic (exact) mass is 325 g/mol. The molecule has 0 saturated carbocycles. The lowest BCUT2D eigenvalue weighted by atomic mass is 10.1. The summed E-state index contributed by atoms with van der Waals surface area (Å²) < 4.78 is 60.1. The van der Waals surface area contributed by atoms with Crippen LogP contribution < -0.4 is 16.6 Å². The molecule has 0 heterocycles. The van der Waals surface area contributed by atoms with Gasteiger partial charge in [-0.15, -0.1) is 0 Å². The van der Waals surface area contributed by atoms with Crippen LogP contribution in [-0.4, -0.2) is 32.9 Å². The number of amides is 1. The van der Waals surface area contributed by atoms with E-state index in [1.54, 1.807) is 0 Å². The number of sulfone groups is 1. The molecule has 1 aromatic carbocycles. The molecular weight excluding hydrogens is 311 g/mol. The van der Waals surface area contributed by atoms with E-state index in [2.05, 4.69) is 5.32 Å². The molecule has 0 atom stereocenters. The summed E-state index contributed by atoms with van der Waals surface area (Å²) in [7, 11) is -3.27. The van der Waals surface area contributed by atoms with Gasteiger partial charge in [-0.3, -0.25) is 10.6 Å². The maximum Gasteiger partial charge on any atom is 0.418 e. The minimum Gasteiger partial charge on any atom is -0.351 e. The zero-order chi connectivity index (χ0) is 16.3. The van der Waals surface area contributed by atoms with Gasteiger partial charge >= 0.3 is 6.18 Å².